The summed E-state index contributed by atoms with van der Waals surface area (Å²) in [5, 5.41) is 0.899. The average molecular weight is 479 g/mol. The fourth-order valence-electron chi connectivity index (χ4n) is 3.03. The molecule has 2 amide bonds. The molecule has 0 aromatic heterocycles. The highest BCUT2D eigenvalue weighted by Crippen LogP contribution is 2.23. The van der Waals surface area contributed by atoms with Crippen molar-refractivity contribution in [2.45, 2.75) is 26.3 Å². The summed E-state index contributed by atoms with van der Waals surface area (Å²) in [5.41, 5.74) is 1.09. The van der Waals surface area contributed by atoms with E-state index >= 15 is 0 Å². The second-order valence-corrected chi connectivity index (χ2v) is 9.89. The lowest BCUT2D eigenvalue weighted by atomic mass is 10.0. The summed E-state index contributed by atoms with van der Waals surface area (Å²) in [6.07, 6.45) is 3.36. The minimum absolute atomic E-state index is 0.161. The maximum atomic E-state index is 13.3. The normalized spacial score (nSPS) is 12.7. The zero-order valence-electron chi connectivity index (χ0n) is 18.2. The van der Waals surface area contributed by atoms with E-state index in [9.17, 15) is 22.4 Å². The number of rotatable bonds is 10. The molecule has 0 saturated carbocycles. The van der Waals surface area contributed by atoms with Gasteiger partial charge in [-0.25, -0.2) is 17.5 Å². The molecule has 0 aliphatic carbocycles. The van der Waals surface area contributed by atoms with E-state index in [0.717, 1.165) is 5.41 Å². The average Bonchev–Trinajstić information content (AvgIpc) is 2.74. The van der Waals surface area contributed by atoms with Crippen molar-refractivity contribution in [1.82, 2.24) is 4.72 Å². The van der Waals surface area contributed by atoms with Crippen molar-refractivity contribution in [3.05, 3.63) is 71.4 Å². The number of nitrogens with one attached hydrogen (secondary N) is 1. The van der Waals surface area contributed by atoms with E-state index in [1.807, 2.05) is 11.0 Å². The Morgan fingerprint density at radius 2 is 1.72 bits per heavy atom. The highest BCUT2D eigenvalue weighted by Gasteiger charge is 2.34. The summed E-state index contributed by atoms with van der Waals surface area (Å²) in [6.45, 7) is 3.54. The van der Waals surface area contributed by atoms with Crippen LogP contribution in [0.4, 0.5) is 10.1 Å². The number of hydrogen-bond acceptors (Lipinski definition) is 5. The quantitative estimate of drug-likeness (QED) is 0.521. The van der Waals surface area contributed by atoms with Gasteiger partial charge in [-0.2, -0.15) is 11.8 Å². The first-order chi connectivity index (χ1) is 15.1. The van der Waals surface area contributed by atoms with Crippen LogP contribution in [-0.4, -0.2) is 38.3 Å². The maximum absolute atomic E-state index is 13.3. The number of halogens is 1. The summed E-state index contributed by atoms with van der Waals surface area (Å²) in [4.78, 5) is 27.6. The molecular weight excluding hydrogens is 451 g/mol. The molecule has 2 aromatic carbocycles. The predicted molar refractivity (Wildman–Crippen MR) is 128 cm³/mol. The molecule has 0 saturated heterocycles. The lowest BCUT2D eigenvalue weighted by molar-refractivity contribution is -0.132. The Labute approximate surface area is 192 Å². The van der Waals surface area contributed by atoms with E-state index in [-0.39, 0.29) is 12.5 Å². The van der Waals surface area contributed by atoms with E-state index in [1.165, 1.54) is 47.0 Å². The first kappa shape index (κ1) is 25.6. The molecule has 2 rings (SSSR count). The predicted octanol–water partition coefficient (Wildman–Crippen LogP) is 4.05. The number of nitrogens with zero attached hydrogens (tertiary/aromatic N) is 1. The van der Waals surface area contributed by atoms with E-state index in [4.69, 9.17) is 0 Å². The minimum atomic E-state index is -4.11. The lowest BCUT2D eigenvalue weighted by Crippen LogP contribution is -2.47. The SMILES string of the molecule is CSCCC(C(=O)NS(=O)(=O)/C=C/c1ccccc1)C(=O)N(c1ccc(F)cc1)C(C)C. The molecular formula is C23H27FN2O4S2. The molecule has 0 fully saturated rings. The van der Waals surface area contributed by atoms with Gasteiger partial charge in [-0.15, -0.1) is 0 Å². The Bertz CT molecular complexity index is 1040. The summed E-state index contributed by atoms with van der Waals surface area (Å²) >= 11 is 1.44. The lowest BCUT2D eigenvalue weighted by Gasteiger charge is -2.30. The van der Waals surface area contributed by atoms with Crippen LogP contribution >= 0.6 is 11.8 Å². The van der Waals surface area contributed by atoms with Crippen LogP contribution in [-0.2, 0) is 19.6 Å². The number of carbonyl (C=O) groups is 2. The number of amides is 2. The molecule has 1 N–H and O–H groups in total. The van der Waals surface area contributed by atoms with E-state index < -0.39 is 33.6 Å². The second-order valence-electron chi connectivity index (χ2n) is 7.34. The molecule has 0 spiro atoms. The van der Waals surface area contributed by atoms with Crippen molar-refractivity contribution < 1.29 is 22.4 Å². The Kier molecular flexibility index (Phi) is 9.46. The third-order valence-electron chi connectivity index (χ3n) is 4.57. The number of hydrogen-bond donors (Lipinski definition) is 1. The Balaban J connectivity index is 2.26. The molecule has 0 bridgehead atoms. The number of carbonyl (C=O) groups excluding carboxylic acids is 2. The van der Waals surface area contributed by atoms with Crippen molar-refractivity contribution in [1.29, 1.82) is 0 Å². The van der Waals surface area contributed by atoms with Crippen LogP contribution in [0.3, 0.4) is 0 Å². The first-order valence-electron chi connectivity index (χ1n) is 10.0. The number of sulfonamides is 1. The van der Waals surface area contributed by atoms with Crippen molar-refractivity contribution in [2.24, 2.45) is 5.92 Å². The van der Waals surface area contributed by atoms with Crippen LogP contribution in [0, 0.1) is 11.7 Å². The van der Waals surface area contributed by atoms with Gasteiger partial charge in [0.15, 0.2) is 0 Å². The third-order valence-corrected chi connectivity index (χ3v) is 6.19. The first-order valence-corrected chi connectivity index (χ1v) is 13.0. The van der Waals surface area contributed by atoms with Gasteiger partial charge in [0.05, 0.1) is 5.41 Å². The molecule has 1 unspecified atom stereocenters. The van der Waals surface area contributed by atoms with Crippen LogP contribution in [0.2, 0.25) is 0 Å². The molecule has 0 heterocycles. The highest BCUT2D eigenvalue weighted by atomic mass is 32.2. The Hall–Kier alpha value is -2.65. The molecule has 0 radical (unpaired) electrons. The molecule has 6 nitrogen and oxygen atoms in total. The largest absolute Gasteiger partial charge is 0.309 e. The van der Waals surface area contributed by atoms with E-state index in [2.05, 4.69) is 0 Å². The number of benzene rings is 2. The van der Waals surface area contributed by atoms with Crippen LogP contribution in [0.25, 0.3) is 6.08 Å². The molecule has 0 aliphatic heterocycles. The summed E-state index contributed by atoms with van der Waals surface area (Å²) in [5.74, 6) is -2.61. The molecule has 1 atom stereocenters. The van der Waals surface area contributed by atoms with Crippen molar-refractivity contribution in [2.75, 3.05) is 16.9 Å². The maximum Gasteiger partial charge on any atom is 0.257 e. The van der Waals surface area contributed by atoms with Crippen LogP contribution < -0.4 is 9.62 Å². The highest BCUT2D eigenvalue weighted by molar-refractivity contribution is 7.98. The van der Waals surface area contributed by atoms with Crippen LogP contribution in [0.15, 0.2) is 60.0 Å². The number of thioether (sulfide) groups is 1. The van der Waals surface area contributed by atoms with Gasteiger partial charge in [0, 0.05) is 11.7 Å². The van der Waals surface area contributed by atoms with E-state index in [1.54, 1.807) is 44.2 Å². The van der Waals surface area contributed by atoms with Crippen molar-refractivity contribution >= 4 is 45.4 Å². The van der Waals surface area contributed by atoms with Crippen molar-refractivity contribution in [3.63, 3.8) is 0 Å². The van der Waals surface area contributed by atoms with Gasteiger partial charge in [-0.05, 0) is 68.2 Å². The molecule has 32 heavy (non-hydrogen) atoms. The molecule has 0 aliphatic rings. The fraction of sp³-hybridized carbons (Fsp3) is 0.304. The zero-order chi connectivity index (χ0) is 23.7. The van der Waals surface area contributed by atoms with Gasteiger partial charge in [0.25, 0.3) is 10.0 Å². The summed E-state index contributed by atoms with van der Waals surface area (Å²) in [7, 11) is -4.11. The van der Waals surface area contributed by atoms with Crippen molar-refractivity contribution in [3.8, 4) is 0 Å². The monoisotopic (exact) mass is 478 g/mol. The third kappa shape index (κ3) is 7.49. The minimum Gasteiger partial charge on any atom is -0.309 e. The molecule has 9 heteroatoms. The fourth-order valence-corrected chi connectivity index (χ4v) is 4.33. The second kappa shape index (κ2) is 11.8. The van der Waals surface area contributed by atoms with Crippen LogP contribution in [0.5, 0.6) is 0 Å². The van der Waals surface area contributed by atoms with Gasteiger partial charge in [-0.1, -0.05) is 30.3 Å². The van der Waals surface area contributed by atoms with Gasteiger partial charge >= 0.3 is 0 Å². The Morgan fingerprint density at radius 1 is 1.09 bits per heavy atom. The zero-order valence-corrected chi connectivity index (χ0v) is 19.8. The topological polar surface area (TPSA) is 83.5 Å². The van der Waals surface area contributed by atoms with E-state index in [0.29, 0.717) is 17.0 Å². The summed E-state index contributed by atoms with van der Waals surface area (Å²) < 4.78 is 40.2. The summed E-state index contributed by atoms with van der Waals surface area (Å²) in [6, 6.07) is 13.8. The molecule has 2 aromatic rings. The van der Waals surface area contributed by atoms with Gasteiger partial charge < -0.3 is 4.90 Å². The Morgan fingerprint density at radius 3 is 2.28 bits per heavy atom. The smallest absolute Gasteiger partial charge is 0.257 e. The van der Waals surface area contributed by atoms with Gasteiger partial charge in [0.2, 0.25) is 11.8 Å². The van der Waals surface area contributed by atoms with Crippen LogP contribution in [0.1, 0.15) is 25.8 Å². The van der Waals surface area contributed by atoms with Gasteiger partial charge in [-0.3, -0.25) is 9.59 Å². The number of anilines is 1. The standard InChI is InChI=1S/C23H27FN2O4S2/c1-17(2)26(20-11-9-19(24)10-12-20)23(28)21(13-15-31-3)22(27)25-32(29,30)16-14-18-7-5-4-6-8-18/h4-12,14,16-17,21H,13,15H2,1-3H3,(H,25,27)/b16-14+. The van der Waals surface area contributed by atoms with Gasteiger partial charge in [0.1, 0.15) is 11.7 Å². The molecule has 172 valence electrons.